The van der Waals surface area contributed by atoms with Gasteiger partial charge in [-0.05, 0) is 84.7 Å². The highest BCUT2D eigenvalue weighted by Gasteiger charge is 2.53. The molecule has 0 aromatic heterocycles. The van der Waals surface area contributed by atoms with E-state index in [1.165, 1.54) is 5.56 Å². The van der Waals surface area contributed by atoms with Crippen LogP contribution in [0.5, 0.6) is 11.5 Å². The third kappa shape index (κ3) is 7.48. The smallest absolute Gasteiger partial charge is 0.246 e. The zero-order valence-electron chi connectivity index (χ0n) is 23.5. The summed E-state index contributed by atoms with van der Waals surface area (Å²) in [6.07, 6.45) is 5.56. The molecule has 0 saturated carbocycles. The average molecular weight is 576 g/mol. The molecule has 0 radical (unpaired) electrons. The Morgan fingerprint density at radius 2 is 1.64 bits per heavy atom. The first-order valence-corrected chi connectivity index (χ1v) is 15.3. The lowest BCUT2D eigenvalue weighted by atomic mass is 9.80. The molecule has 1 N–H and O–H groups in total. The molecule has 4 rings (SSSR count). The van der Waals surface area contributed by atoms with E-state index in [0.717, 1.165) is 43.1 Å². The van der Waals surface area contributed by atoms with Gasteiger partial charge in [0, 0.05) is 26.2 Å². The van der Waals surface area contributed by atoms with Crippen molar-refractivity contribution in [2.24, 2.45) is 5.92 Å². The van der Waals surface area contributed by atoms with Crippen LogP contribution >= 0.6 is 12.4 Å². The number of halogens is 1. The van der Waals surface area contributed by atoms with Gasteiger partial charge in [-0.25, -0.2) is 0 Å². The fraction of sp³-hybridized carbons (Fsp3) is 0.533. The van der Waals surface area contributed by atoms with Crippen LogP contribution in [0, 0.1) is 5.92 Å². The van der Waals surface area contributed by atoms with E-state index in [9.17, 15) is 14.1 Å². The van der Waals surface area contributed by atoms with Gasteiger partial charge in [0.15, 0.2) is 4.90 Å². The van der Waals surface area contributed by atoms with Crippen LogP contribution in [0.1, 0.15) is 58.4 Å². The zero-order chi connectivity index (χ0) is 27.3. The minimum atomic E-state index is -1.01. The second-order valence-electron chi connectivity index (χ2n) is 11.0. The van der Waals surface area contributed by atoms with E-state index < -0.39 is 22.8 Å². The summed E-state index contributed by atoms with van der Waals surface area (Å²) in [5.74, 6) is 1.92. The van der Waals surface area contributed by atoms with Crippen LogP contribution in [0.25, 0.3) is 0 Å². The Balaban J connectivity index is 0.00000420. The van der Waals surface area contributed by atoms with E-state index in [-0.39, 0.29) is 24.2 Å². The number of piperidine rings is 1. The first-order valence-electron chi connectivity index (χ1n) is 13.8. The highest BCUT2D eigenvalue weighted by atomic mass is 35.5. The fourth-order valence-corrected chi connectivity index (χ4v) is 6.00. The molecule has 2 aromatic carbocycles. The van der Waals surface area contributed by atoms with Gasteiger partial charge in [0.2, 0.25) is 11.8 Å². The van der Waals surface area contributed by atoms with E-state index >= 15 is 0 Å². The number of piperazine rings is 1. The molecule has 39 heavy (non-hydrogen) atoms. The van der Waals surface area contributed by atoms with Gasteiger partial charge in [-0.2, -0.15) is 0 Å². The van der Waals surface area contributed by atoms with Crippen LogP contribution in [-0.4, -0.2) is 63.6 Å². The molecule has 2 heterocycles. The quantitative estimate of drug-likeness (QED) is 0.396. The molecule has 2 atom stereocenters. The number of ether oxygens (including phenoxy) is 1. The van der Waals surface area contributed by atoms with Crippen molar-refractivity contribution in [1.82, 2.24) is 15.1 Å². The normalized spacial score (nSPS) is 20.1. The number of nitrogens with zero attached hydrogens (tertiary/aromatic N) is 2. The summed E-state index contributed by atoms with van der Waals surface area (Å²) in [7, 11) is 0. The van der Waals surface area contributed by atoms with Gasteiger partial charge in [-0.1, -0.05) is 39.3 Å². The van der Waals surface area contributed by atoms with Crippen LogP contribution in [0.2, 0.25) is 0 Å². The number of carbonyl (C=O) groups excluding carboxylic acids is 2. The van der Waals surface area contributed by atoms with Crippen molar-refractivity contribution in [2.75, 3.05) is 25.9 Å². The maximum atomic E-state index is 13.4. The number of nitrogens with one attached hydrogen (secondary N) is 1. The summed E-state index contributed by atoms with van der Waals surface area (Å²) in [6, 6.07) is 14.9. The van der Waals surface area contributed by atoms with Crippen molar-refractivity contribution in [2.45, 2.75) is 75.9 Å². The lowest BCUT2D eigenvalue weighted by Crippen LogP contribution is -2.73. The lowest BCUT2D eigenvalue weighted by Gasteiger charge is -2.52. The summed E-state index contributed by atoms with van der Waals surface area (Å²) in [4.78, 5) is 31.9. The van der Waals surface area contributed by atoms with E-state index in [0.29, 0.717) is 37.5 Å². The molecule has 1 unspecified atom stereocenters. The summed E-state index contributed by atoms with van der Waals surface area (Å²) >= 11 is -1.01. The van der Waals surface area contributed by atoms with Gasteiger partial charge in [0.25, 0.3) is 0 Å². The SMILES string of the molecule is CCCCN1C(=O)[C@H](CC(C)C)NC(=O)C12CCN(Cc1ccc(Oc3ccc([S+](C)[O-])cc3)cc1)CC2.Cl. The molecule has 7 nitrogen and oxygen atoms in total. The monoisotopic (exact) mass is 575 g/mol. The Labute approximate surface area is 242 Å². The molecule has 2 amide bonds. The summed E-state index contributed by atoms with van der Waals surface area (Å²) in [5.41, 5.74) is 0.447. The number of hydrogen-bond acceptors (Lipinski definition) is 5. The maximum absolute atomic E-state index is 13.4. The number of rotatable bonds is 10. The minimum Gasteiger partial charge on any atom is -0.612 e. The Morgan fingerprint density at radius 1 is 1.05 bits per heavy atom. The third-order valence-electron chi connectivity index (χ3n) is 7.66. The number of benzene rings is 2. The zero-order valence-corrected chi connectivity index (χ0v) is 25.1. The Kier molecular flexibility index (Phi) is 11.1. The summed E-state index contributed by atoms with van der Waals surface area (Å²) in [6.45, 7) is 9.27. The average Bonchev–Trinajstić information content (AvgIpc) is 2.89. The molecule has 2 aliphatic rings. The minimum absolute atomic E-state index is 0. The van der Waals surface area contributed by atoms with Crippen LogP contribution < -0.4 is 10.1 Å². The van der Waals surface area contributed by atoms with E-state index in [1.807, 2.05) is 41.3 Å². The van der Waals surface area contributed by atoms with Gasteiger partial charge in [0.1, 0.15) is 29.3 Å². The predicted molar refractivity (Wildman–Crippen MR) is 158 cm³/mol. The number of amides is 2. The molecular weight excluding hydrogens is 534 g/mol. The third-order valence-corrected chi connectivity index (χ3v) is 8.59. The van der Waals surface area contributed by atoms with Gasteiger partial charge in [0.05, 0.1) is 0 Å². The van der Waals surface area contributed by atoms with Crippen molar-refractivity contribution in [3.63, 3.8) is 0 Å². The molecule has 0 aliphatic carbocycles. The second-order valence-corrected chi connectivity index (χ2v) is 12.4. The van der Waals surface area contributed by atoms with Crippen LogP contribution in [0.3, 0.4) is 0 Å². The number of carbonyl (C=O) groups is 2. The van der Waals surface area contributed by atoms with Crippen LogP contribution in [0.4, 0.5) is 0 Å². The molecule has 2 saturated heterocycles. The molecule has 1 spiro atoms. The Bertz CT molecular complexity index is 1090. The highest BCUT2D eigenvalue weighted by molar-refractivity contribution is 7.90. The predicted octanol–water partition coefficient (Wildman–Crippen LogP) is 5.15. The fourth-order valence-electron chi connectivity index (χ4n) is 5.48. The highest BCUT2D eigenvalue weighted by Crippen LogP contribution is 2.35. The van der Waals surface area contributed by atoms with Crippen molar-refractivity contribution < 1.29 is 18.9 Å². The number of hydrogen-bond donors (Lipinski definition) is 1. The Hall–Kier alpha value is -2.26. The molecular formula is C30H42ClN3O4S. The van der Waals surface area contributed by atoms with Crippen LogP contribution in [0.15, 0.2) is 53.4 Å². The van der Waals surface area contributed by atoms with Gasteiger partial charge >= 0.3 is 0 Å². The van der Waals surface area contributed by atoms with Crippen molar-refractivity contribution in [3.8, 4) is 11.5 Å². The van der Waals surface area contributed by atoms with Gasteiger partial charge in [-0.15, -0.1) is 12.4 Å². The van der Waals surface area contributed by atoms with Gasteiger partial charge < -0.3 is 19.5 Å². The standard InChI is InChI=1S/C30H41N3O4S.ClH/c1-5-6-17-33-28(34)27(20-22(2)3)31-29(35)30(33)15-18-32(19-16-30)21-23-7-9-24(10-8-23)37-25-11-13-26(14-12-25)38(4)36;/h7-14,22,27H,5-6,15-21H2,1-4H3,(H,31,35);1H/t27-,38?;/m0./s1. The topological polar surface area (TPSA) is 84.9 Å². The van der Waals surface area contributed by atoms with E-state index in [1.54, 1.807) is 6.26 Å². The van der Waals surface area contributed by atoms with Crippen LogP contribution in [-0.2, 0) is 27.3 Å². The van der Waals surface area contributed by atoms with Crippen molar-refractivity contribution in [3.05, 3.63) is 54.1 Å². The van der Waals surface area contributed by atoms with E-state index in [2.05, 4.69) is 43.1 Å². The molecule has 214 valence electrons. The lowest BCUT2D eigenvalue weighted by molar-refractivity contribution is -0.161. The molecule has 2 aliphatic heterocycles. The van der Waals surface area contributed by atoms with Gasteiger partial charge in [-0.3, -0.25) is 14.5 Å². The first-order chi connectivity index (χ1) is 18.2. The molecule has 2 aromatic rings. The largest absolute Gasteiger partial charge is 0.612 e. The summed E-state index contributed by atoms with van der Waals surface area (Å²) in [5, 5.41) is 3.09. The van der Waals surface area contributed by atoms with Crippen molar-refractivity contribution >= 4 is 35.4 Å². The number of unbranched alkanes of at least 4 members (excludes halogenated alkanes) is 1. The van der Waals surface area contributed by atoms with E-state index in [4.69, 9.17) is 4.74 Å². The van der Waals surface area contributed by atoms with Crippen molar-refractivity contribution in [1.29, 1.82) is 0 Å². The maximum Gasteiger partial charge on any atom is 0.246 e. The first kappa shape index (κ1) is 31.3. The molecule has 9 heteroatoms. The Morgan fingerprint density at radius 3 is 2.18 bits per heavy atom. The number of likely N-dealkylation sites (tertiary alicyclic amines) is 1. The molecule has 0 bridgehead atoms. The second kappa shape index (κ2) is 13.9. The molecule has 2 fully saturated rings. The summed E-state index contributed by atoms with van der Waals surface area (Å²) < 4.78 is 17.5.